The molecular formula is C27H27NO4S. The molecule has 0 radical (unpaired) electrons. The smallest absolute Gasteiger partial charge is 0.348 e. The number of carbonyl (C=O) groups excluding carboxylic acids is 2. The predicted molar refractivity (Wildman–Crippen MR) is 130 cm³/mol. The van der Waals surface area contributed by atoms with Crippen molar-refractivity contribution in [1.29, 1.82) is 0 Å². The number of aliphatic hydroxyl groups is 1. The zero-order valence-electron chi connectivity index (χ0n) is 18.8. The highest BCUT2D eigenvalue weighted by molar-refractivity contribution is 7.14. The molecule has 0 bridgehead atoms. The van der Waals surface area contributed by atoms with Crippen molar-refractivity contribution < 1.29 is 19.4 Å². The third-order valence-corrected chi connectivity index (χ3v) is 6.35. The molecule has 1 aromatic carbocycles. The standard InChI is InChI=1S/C27H27NO4S/c1-20(8-6-11-21-9-4-3-5-10-21)24(29)16-13-22-14-18-26(30)28(22)19-7-12-23-15-17-25(33-23)27(31)32-2/h3-5,9-10,13,15-17,20,22,24,29H,8,14,18-19H2,1-2H3/t20?,22-,24-/m0/s1. The Morgan fingerprint density at radius 1 is 1.24 bits per heavy atom. The first-order valence-electron chi connectivity index (χ1n) is 10.8. The fourth-order valence-corrected chi connectivity index (χ4v) is 4.18. The maximum absolute atomic E-state index is 12.3. The summed E-state index contributed by atoms with van der Waals surface area (Å²) in [7, 11) is 1.34. The number of carbonyl (C=O) groups is 2. The van der Waals surface area contributed by atoms with E-state index in [-0.39, 0.29) is 23.8 Å². The van der Waals surface area contributed by atoms with Gasteiger partial charge in [0.2, 0.25) is 5.91 Å². The van der Waals surface area contributed by atoms with E-state index < -0.39 is 6.10 Å². The fourth-order valence-electron chi connectivity index (χ4n) is 3.38. The molecule has 3 rings (SSSR count). The van der Waals surface area contributed by atoms with E-state index in [9.17, 15) is 14.7 Å². The Labute approximate surface area is 199 Å². The van der Waals surface area contributed by atoms with Crippen molar-refractivity contribution in [2.24, 2.45) is 5.92 Å². The number of ether oxygens (including phenoxy) is 1. The number of nitrogens with zero attached hydrogens (tertiary/aromatic N) is 1. The van der Waals surface area contributed by atoms with Crippen molar-refractivity contribution in [2.75, 3.05) is 13.7 Å². The molecule has 33 heavy (non-hydrogen) atoms. The summed E-state index contributed by atoms with van der Waals surface area (Å²) >= 11 is 1.26. The van der Waals surface area contributed by atoms with Gasteiger partial charge in [-0.05, 0) is 36.6 Å². The first kappa shape index (κ1) is 24.3. The van der Waals surface area contributed by atoms with E-state index in [1.807, 2.05) is 43.3 Å². The Balaban J connectivity index is 1.54. The van der Waals surface area contributed by atoms with E-state index in [1.165, 1.54) is 18.4 Å². The van der Waals surface area contributed by atoms with Crippen LogP contribution in [-0.4, -0.2) is 47.7 Å². The fraction of sp³-hybridized carbons (Fsp3) is 0.333. The number of esters is 1. The summed E-state index contributed by atoms with van der Waals surface area (Å²) in [5.41, 5.74) is 0.958. The third-order valence-electron chi connectivity index (χ3n) is 5.37. The lowest BCUT2D eigenvalue weighted by Gasteiger charge is -2.20. The molecule has 1 N–H and O–H groups in total. The minimum Gasteiger partial charge on any atom is -0.465 e. The van der Waals surface area contributed by atoms with Crippen LogP contribution in [0.15, 0.2) is 54.6 Å². The average molecular weight is 462 g/mol. The summed E-state index contributed by atoms with van der Waals surface area (Å²) in [6, 6.07) is 13.1. The van der Waals surface area contributed by atoms with Gasteiger partial charge in [-0.2, -0.15) is 0 Å². The lowest BCUT2D eigenvalue weighted by atomic mass is 9.99. The average Bonchev–Trinajstić information content (AvgIpc) is 3.44. The van der Waals surface area contributed by atoms with Gasteiger partial charge in [-0.15, -0.1) is 11.3 Å². The predicted octanol–water partition coefficient (Wildman–Crippen LogP) is 3.87. The topological polar surface area (TPSA) is 66.8 Å². The number of thiophene rings is 1. The number of methoxy groups -OCH3 is 1. The first-order valence-corrected chi connectivity index (χ1v) is 11.7. The summed E-state index contributed by atoms with van der Waals surface area (Å²) in [4.78, 5) is 26.8. The van der Waals surface area contributed by atoms with Gasteiger partial charge in [-0.25, -0.2) is 4.79 Å². The summed E-state index contributed by atoms with van der Waals surface area (Å²) < 4.78 is 4.70. The van der Waals surface area contributed by atoms with Gasteiger partial charge in [0.1, 0.15) is 4.88 Å². The number of amides is 1. The SMILES string of the molecule is COC(=O)c1ccc(C#CCN2C(=O)CC[C@@H]2C=C[C@H](O)C(C)CC#Cc2ccccc2)s1. The van der Waals surface area contributed by atoms with Gasteiger partial charge in [0.05, 0.1) is 30.7 Å². The Bertz CT molecular complexity index is 1110. The van der Waals surface area contributed by atoms with Gasteiger partial charge in [0.15, 0.2) is 0 Å². The van der Waals surface area contributed by atoms with Crippen LogP contribution in [-0.2, 0) is 9.53 Å². The number of likely N-dealkylation sites (tertiary alicyclic amines) is 1. The maximum Gasteiger partial charge on any atom is 0.348 e. The van der Waals surface area contributed by atoms with Crippen LogP contribution in [0.3, 0.4) is 0 Å². The van der Waals surface area contributed by atoms with E-state index in [1.54, 1.807) is 23.1 Å². The summed E-state index contributed by atoms with van der Waals surface area (Å²) in [6.45, 7) is 2.26. The van der Waals surface area contributed by atoms with Crippen LogP contribution in [0.1, 0.15) is 46.3 Å². The molecule has 1 aromatic heterocycles. The minimum absolute atomic E-state index is 0.0226. The first-order chi connectivity index (χ1) is 16.0. The quantitative estimate of drug-likeness (QED) is 0.403. The molecule has 0 saturated carbocycles. The largest absolute Gasteiger partial charge is 0.465 e. The lowest BCUT2D eigenvalue weighted by molar-refractivity contribution is -0.127. The number of hydrogen-bond donors (Lipinski definition) is 1. The summed E-state index contributed by atoms with van der Waals surface area (Å²) in [6.07, 6.45) is 4.78. The molecule has 1 amide bonds. The van der Waals surface area contributed by atoms with Crippen LogP contribution in [0, 0.1) is 29.6 Å². The van der Waals surface area contributed by atoms with Gasteiger partial charge in [0, 0.05) is 18.4 Å². The highest BCUT2D eigenvalue weighted by Gasteiger charge is 2.28. The van der Waals surface area contributed by atoms with Gasteiger partial charge in [0.25, 0.3) is 0 Å². The zero-order chi connectivity index (χ0) is 23.6. The molecule has 2 heterocycles. The Morgan fingerprint density at radius 3 is 2.79 bits per heavy atom. The van der Waals surface area contributed by atoms with Crippen molar-refractivity contribution >= 4 is 23.2 Å². The summed E-state index contributed by atoms with van der Waals surface area (Å²) in [5, 5.41) is 10.5. The minimum atomic E-state index is -0.637. The molecule has 3 atom stereocenters. The molecule has 170 valence electrons. The van der Waals surface area contributed by atoms with Gasteiger partial charge >= 0.3 is 5.97 Å². The number of hydrogen-bond acceptors (Lipinski definition) is 5. The lowest BCUT2D eigenvalue weighted by Crippen LogP contribution is -2.32. The molecule has 0 spiro atoms. The third kappa shape index (κ3) is 7.08. The molecule has 1 unspecified atom stereocenters. The van der Waals surface area contributed by atoms with Crippen LogP contribution in [0.4, 0.5) is 0 Å². The van der Waals surface area contributed by atoms with E-state index >= 15 is 0 Å². The van der Waals surface area contributed by atoms with Crippen LogP contribution < -0.4 is 0 Å². The maximum atomic E-state index is 12.3. The van der Waals surface area contributed by atoms with Crippen molar-refractivity contribution in [3.63, 3.8) is 0 Å². The molecule has 5 nitrogen and oxygen atoms in total. The highest BCUT2D eigenvalue weighted by atomic mass is 32.1. The van der Waals surface area contributed by atoms with E-state index in [0.29, 0.717) is 30.7 Å². The van der Waals surface area contributed by atoms with Gasteiger partial charge in [-0.1, -0.05) is 61.0 Å². The molecule has 1 aliphatic rings. The van der Waals surface area contributed by atoms with Crippen molar-refractivity contribution in [1.82, 2.24) is 4.90 Å². The second-order valence-corrected chi connectivity index (χ2v) is 8.89. The second kappa shape index (κ2) is 12.1. The molecule has 6 heteroatoms. The second-order valence-electron chi connectivity index (χ2n) is 7.81. The molecule has 1 saturated heterocycles. The number of aliphatic hydroxyl groups excluding tert-OH is 1. The van der Waals surface area contributed by atoms with Crippen LogP contribution in [0.5, 0.6) is 0 Å². The van der Waals surface area contributed by atoms with Crippen LogP contribution >= 0.6 is 11.3 Å². The normalized spacial score (nSPS) is 17.1. The van der Waals surface area contributed by atoms with E-state index in [4.69, 9.17) is 4.74 Å². The van der Waals surface area contributed by atoms with Crippen molar-refractivity contribution in [3.8, 4) is 23.7 Å². The monoisotopic (exact) mass is 461 g/mol. The highest BCUT2D eigenvalue weighted by Crippen LogP contribution is 2.21. The molecule has 2 aromatic rings. The molecule has 0 aliphatic carbocycles. The Morgan fingerprint density at radius 2 is 2.03 bits per heavy atom. The molecular weight excluding hydrogens is 434 g/mol. The van der Waals surface area contributed by atoms with Crippen LogP contribution in [0.25, 0.3) is 0 Å². The Kier molecular flexibility index (Phi) is 8.89. The van der Waals surface area contributed by atoms with E-state index in [2.05, 4.69) is 23.7 Å². The van der Waals surface area contributed by atoms with Crippen molar-refractivity contribution in [3.05, 3.63) is 69.9 Å². The van der Waals surface area contributed by atoms with Crippen LogP contribution in [0.2, 0.25) is 0 Å². The number of rotatable bonds is 6. The summed E-state index contributed by atoms with van der Waals surface area (Å²) in [5.74, 6) is 11.9. The molecule has 1 aliphatic heterocycles. The number of benzene rings is 1. The zero-order valence-corrected chi connectivity index (χ0v) is 19.6. The van der Waals surface area contributed by atoms with Gasteiger partial charge in [-0.3, -0.25) is 4.79 Å². The van der Waals surface area contributed by atoms with Gasteiger partial charge < -0.3 is 14.7 Å². The Hall–Kier alpha value is -3.32. The van der Waals surface area contributed by atoms with Crippen molar-refractivity contribution in [2.45, 2.75) is 38.3 Å². The molecule has 1 fully saturated rings. The van der Waals surface area contributed by atoms with E-state index in [0.717, 1.165) is 10.4 Å².